The summed E-state index contributed by atoms with van der Waals surface area (Å²) in [7, 11) is 2.15. The minimum atomic E-state index is 0.506. The molecular formula is C19H40N2. The predicted molar refractivity (Wildman–Crippen MR) is 94.8 cm³/mol. The normalized spacial score (nSPS) is 26.0. The lowest BCUT2D eigenvalue weighted by Crippen LogP contribution is -2.54. The molecular weight excluding hydrogens is 256 g/mol. The minimum Gasteiger partial charge on any atom is -0.315 e. The molecule has 0 aliphatic heterocycles. The lowest BCUT2D eigenvalue weighted by atomic mass is 9.72. The first kappa shape index (κ1) is 19.0. The second kappa shape index (κ2) is 8.53. The Morgan fingerprint density at radius 3 is 2.00 bits per heavy atom. The van der Waals surface area contributed by atoms with E-state index in [1.54, 1.807) is 0 Å². The first-order valence-electron chi connectivity index (χ1n) is 9.16. The SMILES string of the molecule is CNC1CCC(C)(C)CC1N(CCC(C)C)CCC(C)C. The molecule has 0 aromatic rings. The summed E-state index contributed by atoms with van der Waals surface area (Å²) in [6, 6.07) is 1.40. The molecule has 126 valence electrons. The molecule has 0 amide bonds. The monoisotopic (exact) mass is 296 g/mol. The molecule has 0 saturated heterocycles. The van der Waals surface area contributed by atoms with Gasteiger partial charge in [-0.05, 0) is 69.5 Å². The molecule has 0 heterocycles. The van der Waals surface area contributed by atoms with Crippen LogP contribution in [0.4, 0.5) is 0 Å². The lowest BCUT2D eigenvalue weighted by molar-refractivity contribution is 0.0610. The molecule has 0 aromatic carbocycles. The highest BCUT2D eigenvalue weighted by molar-refractivity contribution is 4.94. The zero-order chi connectivity index (χ0) is 16.0. The van der Waals surface area contributed by atoms with E-state index in [1.165, 1.54) is 45.2 Å². The Bertz CT molecular complexity index is 271. The summed E-state index contributed by atoms with van der Waals surface area (Å²) >= 11 is 0. The van der Waals surface area contributed by atoms with E-state index in [-0.39, 0.29) is 0 Å². The largest absolute Gasteiger partial charge is 0.315 e. The smallest absolute Gasteiger partial charge is 0.0254 e. The number of hydrogen-bond donors (Lipinski definition) is 1. The van der Waals surface area contributed by atoms with Gasteiger partial charge in [0.25, 0.3) is 0 Å². The Balaban J connectivity index is 2.75. The molecule has 2 heteroatoms. The van der Waals surface area contributed by atoms with Gasteiger partial charge in [0.2, 0.25) is 0 Å². The average Bonchev–Trinajstić information content (AvgIpc) is 2.37. The van der Waals surface area contributed by atoms with Crippen LogP contribution in [0.15, 0.2) is 0 Å². The van der Waals surface area contributed by atoms with Crippen LogP contribution in [0.1, 0.15) is 73.6 Å². The molecule has 0 radical (unpaired) electrons. The highest BCUT2D eigenvalue weighted by atomic mass is 15.2. The van der Waals surface area contributed by atoms with Crippen molar-refractivity contribution < 1.29 is 0 Å². The molecule has 2 nitrogen and oxygen atoms in total. The van der Waals surface area contributed by atoms with Crippen LogP contribution in [0.5, 0.6) is 0 Å². The standard InChI is InChI=1S/C19H40N2/c1-15(2)9-12-21(13-10-16(3)4)18-14-19(5,6)11-8-17(18)20-7/h15-18,20H,8-14H2,1-7H3. The summed E-state index contributed by atoms with van der Waals surface area (Å²) in [5.41, 5.74) is 0.506. The van der Waals surface area contributed by atoms with Gasteiger partial charge in [0, 0.05) is 12.1 Å². The van der Waals surface area contributed by atoms with Gasteiger partial charge in [-0.25, -0.2) is 0 Å². The quantitative estimate of drug-likeness (QED) is 0.707. The predicted octanol–water partition coefficient (Wildman–Crippen LogP) is 4.55. The van der Waals surface area contributed by atoms with Crippen molar-refractivity contribution in [3.63, 3.8) is 0 Å². The van der Waals surface area contributed by atoms with E-state index >= 15 is 0 Å². The second-order valence-corrected chi connectivity index (χ2v) is 8.77. The summed E-state index contributed by atoms with van der Waals surface area (Å²) < 4.78 is 0. The molecule has 0 aromatic heterocycles. The van der Waals surface area contributed by atoms with E-state index in [0.29, 0.717) is 11.5 Å². The van der Waals surface area contributed by atoms with Crippen molar-refractivity contribution in [2.45, 2.75) is 85.7 Å². The Hall–Kier alpha value is -0.0800. The third-order valence-corrected chi connectivity index (χ3v) is 5.19. The van der Waals surface area contributed by atoms with E-state index in [4.69, 9.17) is 0 Å². The summed E-state index contributed by atoms with van der Waals surface area (Å²) in [5.74, 6) is 1.60. The van der Waals surface area contributed by atoms with Gasteiger partial charge in [0.15, 0.2) is 0 Å². The van der Waals surface area contributed by atoms with Gasteiger partial charge in [0.05, 0.1) is 0 Å². The van der Waals surface area contributed by atoms with Gasteiger partial charge in [-0.2, -0.15) is 0 Å². The van der Waals surface area contributed by atoms with Crippen LogP contribution in [0, 0.1) is 17.3 Å². The van der Waals surface area contributed by atoms with Crippen LogP contribution in [-0.2, 0) is 0 Å². The van der Waals surface area contributed by atoms with Gasteiger partial charge < -0.3 is 5.32 Å². The molecule has 1 rings (SSSR count). The van der Waals surface area contributed by atoms with E-state index < -0.39 is 0 Å². The Morgan fingerprint density at radius 2 is 1.57 bits per heavy atom. The Morgan fingerprint density at radius 1 is 1.05 bits per heavy atom. The van der Waals surface area contributed by atoms with Crippen molar-refractivity contribution in [1.82, 2.24) is 10.2 Å². The fourth-order valence-electron chi connectivity index (χ4n) is 3.56. The molecule has 1 N–H and O–H groups in total. The van der Waals surface area contributed by atoms with Crippen LogP contribution in [0.3, 0.4) is 0 Å². The van der Waals surface area contributed by atoms with E-state index in [1.807, 2.05) is 0 Å². The zero-order valence-corrected chi connectivity index (χ0v) is 15.7. The van der Waals surface area contributed by atoms with Crippen LogP contribution in [0.25, 0.3) is 0 Å². The third-order valence-electron chi connectivity index (χ3n) is 5.19. The maximum atomic E-state index is 3.61. The highest BCUT2D eigenvalue weighted by Crippen LogP contribution is 2.37. The lowest BCUT2D eigenvalue weighted by Gasteiger charge is -2.46. The van der Waals surface area contributed by atoms with Crippen LogP contribution >= 0.6 is 0 Å². The van der Waals surface area contributed by atoms with Gasteiger partial charge in [-0.3, -0.25) is 4.90 Å². The van der Waals surface area contributed by atoms with E-state index in [0.717, 1.165) is 17.9 Å². The van der Waals surface area contributed by atoms with Crippen molar-refractivity contribution in [2.75, 3.05) is 20.1 Å². The van der Waals surface area contributed by atoms with E-state index in [2.05, 4.69) is 58.8 Å². The molecule has 1 aliphatic carbocycles. The van der Waals surface area contributed by atoms with E-state index in [9.17, 15) is 0 Å². The number of hydrogen-bond acceptors (Lipinski definition) is 2. The molecule has 0 spiro atoms. The maximum absolute atomic E-state index is 3.61. The second-order valence-electron chi connectivity index (χ2n) is 8.77. The van der Waals surface area contributed by atoms with Crippen molar-refractivity contribution in [2.24, 2.45) is 17.3 Å². The van der Waals surface area contributed by atoms with Crippen LogP contribution < -0.4 is 5.32 Å². The summed E-state index contributed by atoms with van der Waals surface area (Å²) in [5, 5.41) is 3.61. The fourth-order valence-corrected chi connectivity index (χ4v) is 3.56. The molecule has 2 unspecified atom stereocenters. The number of likely N-dealkylation sites (N-methyl/N-ethyl adjacent to an activating group) is 1. The zero-order valence-electron chi connectivity index (χ0n) is 15.7. The summed E-state index contributed by atoms with van der Waals surface area (Å²) in [4.78, 5) is 2.81. The van der Waals surface area contributed by atoms with Crippen molar-refractivity contribution in [3.8, 4) is 0 Å². The number of nitrogens with one attached hydrogen (secondary N) is 1. The highest BCUT2D eigenvalue weighted by Gasteiger charge is 2.37. The minimum absolute atomic E-state index is 0.506. The number of rotatable bonds is 8. The topological polar surface area (TPSA) is 15.3 Å². The van der Waals surface area contributed by atoms with Crippen LogP contribution in [-0.4, -0.2) is 37.1 Å². The number of nitrogens with zero attached hydrogens (tertiary/aromatic N) is 1. The first-order chi connectivity index (χ1) is 9.75. The van der Waals surface area contributed by atoms with Gasteiger partial charge in [0.1, 0.15) is 0 Å². The molecule has 21 heavy (non-hydrogen) atoms. The van der Waals surface area contributed by atoms with Crippen molar-refractivity contribution in [3.05, 3.63) is 0 Å². The maximum Gasteiger partial charge on any atom is 0.0254 e. The summed E-state index contributed by atoms with van der Waals surface area (Å²) in [6.07, 6.45) is 6.68. The van der Waals surface area contributed by atoms with Crippen molar-refractivity contribution in [1.29, 1.82) is 0 Å². The molecule has 1 fully saturated rings. The average molecular weight is 297 g/mol. The van der Waals surface area contributed by atoms with Gasteiger partial charge in [-0.1, -0.05) is 41.5 Å². The molecule has 1 aliphatic rings. The van der Waals surface area contributed by atoms with Crippen molar-refractivity contribution >= 4 is 0 Å². The first-order valence-corrected chi connectivity index (χ1v) is 9.16. The van der Waals surface area contributed by atoms with Gasteiger partial charge in [-0.15, -0.1) is 0 Å². The Labute approximate surface area is 134 Å². The molecule has 0 bridgehead atoms. The molecule has 1 saturated carbocycles. The van der Waals surface area contributed by atoms with Crippen LogP contribution in [0.2, 0.25) is 0 Å². The van der Waals surface area contributed by atoms with Gasteiger partial charge >= 0.3 is 0 Å². The fraction of sp³-hybridized carbons (Fsp3) is 1.00. The summed E-state index contributed by atoms with van der Waals surface area (Å²) in [6.45, 7) is 16.8. The third kappa shape index (κ3) is 6.69. The Kier molecular flexibility index (Phi) is 7.70. The molecule has 2 atom stereocenters.